The Kier molecular flexibility index (Phi) is 4.19. The van der Waals surface area contributed by atoms with E-state index >= 15 is 0 Å². The Balaban J connectivity index is 1.66. The van der Waals surface area contributed by atoms with Crippen LogP contribution in [0.15, 0.2) is 30.6 Å². The summed E-state index contributed by atoms with van der Waals surface area (Å²) in [5.74, 6) is 2.31. The third kappa shape index (κ3) is 3.73. The smallest absolute Gasteiger partial charge is 0.158 e. The standard InChI is InChI=1S/C17H18N4O/c1-12-2-5-14(16(6-12)22-11-13-3-4-13)8-20-17-10-19-15(7-18)9-21-17/h2,5-6,9-10,13H,3-4,8,11H2,1H3,(H,20,21). The van der Waals surface area contributed by atoms with Gasteiger partial charge in [-0.2, -0.15) is 5.26 Å². The molecule has 1 aliphatic rings. The van der Waals surface area contributed by atoms with Gasteiger partial charge in [-0.15, -0.1) is 0 Å². The van der Waals surface area contributed by atoms with Gasteiger partial charge in [0.2, 0.25) is 0 Å². The second-order valence-corrected chi connectivity index (χ2v) is 5.62. The maximum atomic E-state index is 8.72. The number of nitrogens with zero attached hydrogens (tertiary/aromatic N) is 3. The molecule has 3 rings (SSSR count). The number of anilines is 1. The van der Waals surface area contributed by atoms with Crippen LogP contribution in [0.4, 0.5) is 5.82 Å². The highest BCUT2D eigenvalue weighted by atomic mass is 16.5. The maximum Gasteiger partial charge on any atom is 0.158 e. The topological polar surface area (TPSA) is 70.8 Å². The van der Waals surface area contributed by atoms with E-state index in [0.717, 1.165) is 23.8 Å². The van der Waals surface area contributed by atoms with Crippen LogP contribution in [-0.2, 0) is 6.54 Å². The zero-order chi connectivity index (χ0) is 15.4. The van der Waals surface area contributed by atoms with Gasteiger partial charge in [-0.1, -0.05) is 12.1 Å². The van der Waals surface area contributed by atoms with Crippen molar-refractivity contribution in [2.24, 2.45) is 5.92 Å². The zero-order valence-corrected chi connectivity index (χ0v) is 12.5. The Morgan fingerprint density at radius 2 is 2.18 bits per heavy atom. The molecule has 5 heteroatoms. The molecule has 0 atom stereocenters. The quantitative estimate of drug-likeness (QED) is 0.886. The minimum Gasteiger partial charge on any atom is -0.493 e. The first kappa shape index (κ1) is 14.3. The minimum absolute atomic E-state index is 0.314. The molecule has 22 heavy (non-hydrogen) atoms. The molecule has 1 fully saturated rings. The first-order valence-electron chi connectivity index (χ1n) is 7.43. The summed E-state index contributed by atoms with van der Waals surface area (Å²) in [4.78, 5) is 8.16. The van der Waals surface area contributed by atoms with Crippen molar-refractivity contribution < 1.29 is 4.74 Å². The molecule has 0 aliphatic heterocycles. The number of hydrogen-bond acceptors (Lipinski definition) is 5. The second-order valence-electron chi connectivity index (χ2n) is 5.62. The van der Waals surface area contributed by atoms with E-state index in [2.05, 4.69) is 40.4 Å². The van der Waals surface area contributed by atoms with Crippen LogP contribution in [0.5, 0.6) is 5.75 Å². The molecule has 1 heterocycles. The molecule has 0 amide bonds. The third-order valence-electron chi connectivity index (χ3n) is 3.62. The van der Waals surface area contributed by atoms with E-state index in [-0.39, 0.29) is 0 Å². The maximum absolute atomic E-state index is 8.72. The Labute approximate surface area is 130 Å². The van der Waals surface area contributed by atoms with Gasteiger partial charge < -0.3 is 10.1 Å². The van der Waals surface area contributed by atoms with E-state index in [1.807, 2.05) is 6.07 Å². The van der Waals surface area contributed by atoms with E-state index in [9.17, 15) is 0 Å². The van der Waals surface area contributed by atoms with Crippen LogP contribution in [0.1, 0.15) is 29.7 Å². The Morgan fingerprint density at radius 1 is 1.32 bits per heavy atom. The van der Waals surface area contributed by atoms with Crippen LogP contribution < -0.4 is 10.1 Å². The number of nitrogens with one attached hydrogen (secondary N) is 1. The van der Waals surface area contributed by atoms with Crippen molar-refractivity contribution in [1.29, 1.82) is 5.26 Å². The Hall–Kier alpha value is -2.61. The summed E-state index contributed by atoms with van der Waals surface area (Å²) >= 11 is 0. The summed E-state index contributed by atoms with van der Waals surface area (Å²) in [6, 6.07) is 8.17. The number of rotatable bonds is 6. The fraction of sp³-hybridized carbons (Fsp3) is 0.353. The van der Waals surface area contributed by atoms with Crippen molar-refractivity contribution in [2.45, 2.75) is 26.3 Å². The molecule has 0 radical (unpaired) electrons. The molecule has 1 aromatic carbocycles. The second kappa shape index (κ2) is 6.44. The summed E-state index contributed by atoms with van der Waals surface area (Å²) in [6.07, 6.45) is 5.58. The van der Waals surface area contributed by atoms with E-state index in [1.165, 1.54) is 24.6 Å². The molecular weight excluding hydrogens is 276 g/mol. The van der Waals surface area contributed by atoms with Crippen LogP contribution in [0.2, 0.25) is 0 Å². The largest absolute Gasteiger partial charge is 0.493 e. The number of aromatic nitrogens is 2. The monoisotopic (exact) mass is 294 g/mol. The molecule has 1 aliphatic carbocycles. The lowest BCUT2D eigenvalue weighted by molar-refractivity contribution is 0.297. The Morgan fingerprint density at radius 3 is 2.86 bits per heavy atom. The lowest BCUT2D eigenvalue weighted by Crippen LogP contribution is -2.07. The average Bonchev–Trinajstić information content (AvgIpc) is 3.37. The van der Waals surface area contributed by atoms with Crippen LogP contribution in [0.25, 0.3) is 0 Å². The van der Waals surface area contributed by atoms with E-state index in [4.69, 9.17) is 10.00 Å². The van der Waals surface area contributed by atoms with Gasteiger partial charge >= 0.3 is 0 Å². The van der Waals surface area contributed by atoms with Crippen molar-refractivity contribution in [3.05, 3.63) is 47.4 Å². The molecule has 1 aromatic heterocycles. The van der Waals surface area contributed by atoms with Crippen molar-refractivity contribution in [3.8, 4) is 11.8 Å². The predicted molar refractivity (Wildman–Crippen MR) is 83.5 cm³/mol. The van der Waals surface area contributed by atoms with Gasteiger partial charge in [-0.05, 0) is 37.3 Å². The zero-order valence-electron chi connectivity index (χ0n) is 12.5. The lowest BCUT2D eigenvalue weighted by atomic mass is 10.1. The third-order valence-corrected chi connectivity index (χ3v) is 3.62. The van der Waals surface area contributed by atoms with Gasteiger partial charge in [0, 0.05) is 12.1 Å². The van der Waals surface area contributed by atoms with Crippen LogP contribution in [0, 0.1) is 24.2 Å². The highest BCUT2D eigenvalue weighted by Crippen LogP contribution is 2.30. The highest BCUT2D eigenvalue weighted by Gasteiger charge is 2.22. The molecule has 1 N–H and O–H groups in total. The fourth-order valence-electron chi connectivity index (χ4n) is 2.10. The predicted octanol–water partition coefficient (Wildman–Crippen LogP) is 3.06. The number of nitriles is 1. The van der Waals surface area contributed by atoms with Gasteiger partial charge in [-0.25, -0.2) is 9.97 Å². The van der Waals surface area contributed by atoms with Gasteiger partial charge in [0.15, 0.2) is 5.69 Å². The fourth-order valence-corrected chi connectivity index (χ4v) is 2.10. The molecular formula is C17H18N4O. The van der Waals surface area contributed by atoms with Crippen molar-refractivity contribution >= 4 is 5.82 Å². The van der Waals surface area contributed by atoms with Gasteiger partial charge in [0.25, 0.3) is 0 Å². The average molecular weight is 294 g/mol. The van der Waals surface area contributed by atoms with E-state index in [1.54, 1.807) is 6.20 Å². The summed E-state index contributed by atoms with van der Waals surface area (Å²) in [7, 11) is 0. The number of ether oxygens (including phenoxy) is 1. The highest BCUT2D eigenvalue weighted by molar-refractivity contribution is 5.41. The first-order chi connectivity index (χ1) is 10.7. The molecule has 0 bridgehead atoms. The number of hydrogen-bond donors (Lipinski definition) is 1. The van der Waals surface area contributed by atoms with E-state index < -0.39 is 0 Å². The van der Waals surface area contributed by atoms with Crippen molar-refractivity contribution in [1.82, 2.24) is 9.97 Å². The molecule has 1 saturated carbocycles. The van der Waals surface area contributed by atoms with Crippen molar-refractivity contribution in [2.75, 3.05) is 11.9 Å². The summed E-state index contributed by atoms with van der Waals surface area (Å²) in [6.45, 7) is 3.47. The molecule has 2 aromatic rings. The summed E-state index contributed by atoms with van der Waals surface area (Å²) < 4.78 is 5.95. The van der Waals surface area contributed by atoms with Crippen LogP contribution in [0.3, 0.4) is 0 Å². The van der Waals surface area contributed by atoms with Gasteiger partial charge in [-0.3, -0.25) is 0 Å². The van der Waals surface area contributed by atoms with Gasteiger partial charge in [0.1, 0.15) is 17.6 Å². The Bertz CT molecular complexity index is 687. The lowest BCUT2D eigenvalue weighted by Gasteiger charge is -2.13. The molecule has 5 nitrogen and oxygen atoms in total. The van der Waals surface area contributed by atoms with Crippen LogP contribution >= 0.6 is 0 Å². The van der Waals surface area contributed by atoms with Crippen molar-refractivity contribution in [3.63, 3.8) is 0 Å². The number of aryl methyl sites for hydroxylation is 1. The van der Waals surface area contributed by atoms with E-state index in [0.29, 0.717) is 18.1 Å². The SMILES string of the molecule is Cc1ccc(CNc2cnc(C#N)cn2)c(OCC2CC2)c1. The molecule has 0 spiro atoms. The molecule has 0 unspecified atom stereocenters. The first-order valence-corrected chi connectivity index (χ1v) is 7.43. The summed E-state index contributed by atoms with van der Waals surface area (Å²) in [5.41, 5.74) is 2.60. The normalized spacial score (nSPS) is 13.5. The number of benzene rings is 1. The van der Waals surface area contributed by atoms with Gasteiger partial charge in [0.05, 0.1) is 19.0 Å². The molecule has 0 saturated heterocycles. The molecule has 112 valence electrons. The minimum atomic E-state index is 0.314. The van der Waals surface area contributed by atoms with Crippen LogP contribution in [-0.4, -0.2) is 16.6 Å². The summed E-state index contributed by atoms with van der Waals surface area (Å²) in [5, 5.41) is 11.9.